The fourth-order valence-corrected chi connectivity index (χ4v) is 6.07. The Morgan fingerprint density at radius 3 is 2.39 bits per heavy atom. The van der Waals surface area contributed by atoms with Gasteiger partial charge in [-0.25, -0.2) is 4.79 Å². The molecule has 0 saturated carbocycles. The van der Waals surface area contributed by atoms with Crippen molar-refractivity contribution >= 4 is 29.1 Å². The zero-order valence-corrected chi connectivity index (χ0v) is 22.1. The third-order valence-corrected chi connectivity index (χ3v) is 7.76. The Morgan fingerprint density at radius 1 is 1.06 bits per heavy atom. The second kappa shape index (κ2) is 11.2. The molecule has 4 rings (SSSR count). The first-order valence-electron chi connectivity index (χ1n) is 12.6. The zero-order valence-electron chi connectivity index (χ0n) is 21.3. The number of thiophene rings is 1. The predicted molar refractivity (Wildman–Crippen MR) is 139 cm³/mol. The van der Waals surface area contributed by atoms with Gasteiger partial charge in [0.1, 0.15) is 5.92 Å². The smallest absolute Gasteiger partial charge is 0.336 e. The summed E-state index contributed by atoms with van der Waals surface area (Å²) in [6.45, 7) is 7.99. The molecule has 0 bridgehead atoms. The van der Waals surface area contributed by atoms with Gasteiger partial charge in [0.15, 0.2) is 5.78 Å². The Kier molecular flexibility index (Phi) is 8.09. The molecule has 2 aliphatic rings. The molecule has 2 heterocycles. The molecule has 1 aromatic heterocycles. The van der Waals surface area contributed by atoms with E-state index in [0.29, 0.717) is 24.0 Å². The first-order chi connectivity index (χ1) is 17.4. The molecule has 36 heavy (non-hydrogen) atoms. The van der Waals surface area contributed by atoms with Crippen molar-refractivity contribution in [3.63, 3.8) is 0 Å². The van der Waals surface area contributed by atoms with Crippen LogP contribution < -0.4 is 5.32 Å². The number of dihydropyridines is 1. The molecule has 0 saturated heterocycles. The number of carbonyl (C=O) groups is 3. The first-order valence-corrected chi connectivity index (χ1v) is 13.5. The summed E-state index contributed by atoms with van der Waals surface area (Å²) >= 11 is 1.54. The van der Waals surface area contributed by atoms with Crippen molar-refractivity contribution in [2.75, 3.05) is 13.2 Å². The SMILES string of the molecule is CCCC1=C(C(=O)OCC)[C@@H](c2ccc(C)cc2)C2=C(C[C@@H](c3cccs3)[C@H](C(=O)OCC)C2=O)N1. The van der Waals surface area contributed by atoms with Crippen molar-refractivity contribution in [3.8, 4) is 0 Å². The molecule has 0 unspecified atom stereocenters. The summed E-state index contributed by atoms with van der Waals surface area (Å²) in [7, 11) is 0. The first kappa shape index (κ1) is 25.9. The molecule has 0 fully saturated rings. The van der Waals surface area contributed by atoms with Gasteiger partial charge < -0.3 is 14.8 Å². The van der Waals surface area contributed by atoms with Crippen molar-refractivity contribution in [1.82, 2.24) is 5.32 Å². The van der Waals surface area contributed by atoms with E-state index in [9.17, 15) is 14.4 Å². The molecular weight excluding hydrogens is 474 g/mol. The second-order valence-corrected chi connectivity index (χ2v) is 10.1. The summed E-state index contributed by atoms with van der Waals surface area (Å²) in [5.74, 6) is -3.15. The van der Waals surface area contributed by atoms with Gasteiger partial charge in [-0.05, 0) is 50.6 Å². The van der Waals surface area contributed by atoms with Gasteiger partial charge in [-0.3, -0.25) is 9.59 Å². The lowest BCUT2D eigenvalue weighted by Crippen LogP contribution is -2.43. The number of carbonyl (C=O) groups excluding carboxylic acids is 3. The van der Waals surface area contributed by atoms with E-state index in [4.69, 9.17) is 9.47 Å². The van der Waals surface area contributed by atoms with Gasteiger partial charge in [-0.1, -0.05) is 49.2 Å². The number of rotatable bonds is 8. The van der Waals surface area contributed by atoms with Crippen molar-refractivity contribution < 1.29 is 23.9 Å². The zero-order chi connectivity index (χ0) is 25.8. The highest BCUT2D eigenvalue weighted by Crippen LogP contribution is 2.49. The molecule has 0 spiro atoms. The number of benzene rings is 1. The summed E-state index contributed by atoms with van der Waals surface area (Å²) in [6.07, 6.45) is 1.95. The minimum atomic E-state index is -0.965. The van der Waals surface area contributed by atoms with E-state index in [1.807, 2.05) is 48.7 Å². The van der Waals surface area contributed by atoms with E-state index in [0.717, 1.165) is 33.8 Å². The van der Waals surface area contributed by atoms with Crippen LogP contribution in [0.4, 0.5) is 0 Å². The lowest BCUT2D eigenvalue weighted by molar-refractivity contribution is -0.152. The molecule has 0 radical (unpaired) electrons. The largest absolute Gasteiger partial charge is 0.465 e. The average Bonchev–Trinajstić information content (AvgIpc) is 3.39. The topological polar surface area (TPSA) is 81.7 Å². The lowest BCUT2D eigenvalue weighted by atomic mass is 9.68. The van der Waals surface area contributed by atoms with Crippen molar-refractivity contribution in [2.45, 2.75) is 58.8 Å². The monoisotopic (exact) mass is 507 g/mol. The second-order valence-electron chi connectivity index (χ2n) is 9.14. The van der Waals surface area contributed by atoms with Gasteiger partial charge in [0.05, 0.1) is 18.8 Å². The van der Waals surface area contributed by atoms with Crippen LogP contribution in [0.5, 0.6) is 0 Å². The Balaban J connectivity index is 1.91. The molecule has 1 aliphatic heterocycles. The van der Waals surface area contributed by atoms with Crippen LogP contribution in [0.2, 0.25) is 0 Å². The van der Waals surface area contributed by atoms with Gasteiger partial charge in [0.2, 0.25) is 0 Å². The van der Waals surface area contributed by atoms with Crippen LogP contribution in [0.15, 0.2) is 64.3 Å². The Bertz CT molecular complexity index is 1190. The highest BCUT2D eigenvalue weighted by Gasteiger charge is 2.49. The highest BCUT2D eigenvalue weighted by atomic mass is 32.1. The van der Waals surface area contributed by atoms with E-state index in [2.05, 4.69) is 12.2 Å². The highest BCUT2D eigenvalue weighted by molar-refractivity contribution is 7.10. The maximum absolute atomic E-state index is 14.3. The molecule has 2 aromatic rings. The number of Topliss-reactive ketones (excluding diaryl/α,β-unsaturated/α-hetero) is 1. The molecule has 190 valence electrons. The lowest BCUT2D eigenvalue weighted by Gasteiger charge is -2.39. The van der Waals surface area contributed by atoms with E-state index < -0.39 is 23.8 Å². The molecule has 7 heteroatoms. The maximum atomic E-state index is 14.3. The average molecular weight is 508 g/mol. The minimum absolute atomic E-state index is 0.194. The number of aryl methyl sites for hydroxylation is 1. The summed E-state index contributed by atoms with van der Waals surface area (Å²) in [4.78, 5) is 41.7. The van der Waals surface area contributed by atoms with Gasteiger partial charge in [0, 0.05) is 33.7 Å². The number of allylic oxidation sites excluding steroid dienone is 3. The van der Waals surface area contributed by atoms with Crippen LogP contribution in [0.25, 0.3) is 0 Å². The third-order valence-electron chi connectivity index (χ3n) is 6.76. The van der Waals surface area contributed by atoms with Crippen molar-refractivity contribution in [1.29, 1.82) is 0 Å². The summed E-state index contributed by atoms with van der Waals surface area (Å²) in [6, 6.07) is 11.8. The van der Waals surface area contributed by atoms with Crippen LogP contribution in [0, 0.1) is 12.8 Å². The molecule has 0 amide bonds. The van der Waals surface area contributed by atoms with E-state index in [1.54, 1.807) is 13.8 Å². The van der Waals surface area contributed by atoms with Crippen LogP contribution in [0.1, 0.15) is 67.9 Å². The van der Waals surface area contributed by atoms with Gasteiger partial charge in [-0.15, -0.1) is 11.3 Å². The summed E-state index contributed by atoms with van der Waals surface area (Å²) < 4.78 is 10.9. The van der Waals surface area contributed by atoms with Gasteiger partial charge in [0.25, 0.3) is 0 Å². The number of hydrogen-bond donors (Lipinski definition) is 1. The Morgan fingerprint density at radius 2 is 1.78 bits per heavy atom. The summed E-state index contributed by atoms with van der Waals surface area (Å²) in [5, 5.41) is 5.42. The standard InChI is InChI=1S/C29H33NO5S/c1-5-9-20-26(29(33)35-7-3)23(18-13-11-17(4)12-14-18)25-21(30-20)16-19(22-10-8-15-36-22)24(27(25)31)28(32)34-6-2/h8,10-15,19,23-24,30H,5-7,9,16H2,1-4H3/t19-,23-,24-/m0/s1. The number of nitrogens with one attached hydrogen (secondary N) is 1. The number of ketones is 1. The quantitative estimate of drug-likeness (QED) is 0.373. The van der Waals surface area contributed by atoms with Crippen LogP contribution >= 0.6 is 11.3 Å². The van der Waals surface area contributed by atoms with Crippen LogP contribution in [-0.2, 0) is 23.9 Å². The molecular formula is C29H33NO5S. The molecule has 1 N–H and O–H groups in total. The van der Waals surface area contributed by atoms with Crippen LogP contribution in [-0.4, -0.2) is 30.9 Å². The Labute approximate surface area is 216 Å². The molecule has 1 aromatic carbocycles. The van der Waals surface area contributed by atoms with E-state index >= 15 is 0 Å². The van der Waals surface area contributed by atoms with Crippen molar-refractivity contribution in [2.24, 2.45) is 5.92 Å². The fourth-order valence-electron chi connectivity index (χ4n) is 5.21. The normalized spacial score (nSPS) is 21.7. The van der Waals surface area contributed by atoms with Crippen molar-refractivity contribution in [3.05, 3.63) is 80.3 Å². The third kappa shape index (κ3) is 4.89. The summed E-state index contributed by atoms with van der Waals surface area (Å²) in [5.41, 5.74) is 4.39. The van der Waals surface area contributed by atoms with Crippen LogP contribution in [0.3, 0.4) is 0 Å². The fraction of sp³-hybridized carbons (Fsp3) is 0.414. The number of esters is 2. The predicted octanol–water partition coefficient (Wildman–Crippen LogP) is 5.55. The number of ether oxygens (including phenoxy) is 2. The minimum Gasteiger partial charge on any atom is -0.465 e. The van der Waals surface area contributed by atoms with Gasteiger partial charge in [-0.2, -0.15) is 0 Å². The van der Waals surface area contributed by atoms with E-state index in [1.165, 1.54) is 11.3 Å². The molecule has 1 aliphatic carbocycles. The van der Waals surface area contributed by atoms with Gasteiger partial charge >= 0.3 is 11.9 Å². The maximum Gasteiger partial charge on any atom is 0.336 e. The molecule has 6 nitrogen and oxygen atoms in total. The number of hydrogen-bond acceptors (Lipinski definition) is 7. The molecule has 3 atom stereocenters. The van der Waals surface area contributed by atoms with E-state index in [-0.39, 0.29) is 24.9 Å². The Hall–Kier alpha value is -3.19.